The summed E-state index contributed by atoms with van der Waals surface area (Å²) >= 11 is 0. The molecule has 8 heteroatoms. The van der Waals surface area contributed by atoms with Gasteiger partial charge in [-0.3, -0.25) is 9.59 Å². The van der Waals surface area contributed by atoms with Crippen LogP contribution in [0, 0.1) is 0 Å². The van der Waals surface area contributed by atoms with Crippen LogP contribution in [0.1, 0.15) is 34.3 Å². The van der Waals surface area contributed by atoms with Gasteiger partial charge >= 0.3 is 0 Å². The van der Waals surface area contributed by atoms with Crippen LogP contribution in [0.5, 0.6) is 17.2 Å². The minimum Gasteiger partial charge on any atom is -0.492 e. The number of ether oxygens (including phenoxy) is 3. The highest BCUT2D eigenvalue weighted by atomic mass is 16.7. The molecule has 1 unspecified atom stereocenters. The van der Waals surface area contributed by atoms with Gasteiger partial charge in [0.1, 0.15) is 0 Å². The SMILES string of the molecule is COc1c2c(cc3c1[C@@H](C(=O)NC(c1ccccc1)c1ccccc1)[N+](C)(CC(N)=O)CC3)OCO2. The van der Waals surface area contributed by atoms with E-state index < -0.39 is 11.9 Å². The van der Waals surface area contributed by atoms with Crippen LogP contribution >= 0.6 is 0 Å². The van der Waals surface area contributed by atoms with E-state index in [2.05, 4.69) is 5.32 Å². The number of rotatable bonds is 7. The molecule has 0 aliphatic carbocycles. The standard InChI is InChI=1S/C28H29N3O5/c1-31(16-22(29)32)14-13-20-15-21-26(36-17-35-21)27(34-2)23(20)25(31)28(33)30-24(18-9-5-3-6-10-18)19-11-7-4-8-12-19/h3-12,15,24-25H,13-14,16-17H2,1-2H3,(H2-,29,30,32,33)/p+1/t25-,31?/m0/s1. The number of hydrogen-bond acceptors (Lipinski definition) is 5. The Bertz CT molecular complexity index is 1240. The van der Waals surface area contributed by atoms with Crippen molar-refractivity contribution in [3.05, 3.63) is 89.0 Å². The van der Waals surface area contributed by atoms with E-state index in [1.54, 1.807) is 7.11 Å². The molecule has 0 saturated heterocycles. The fourth-order valence-corrected chi connectivity index (χ4v) is 5.42. The van der Waals surface area contributed by atoms with Crippen molar-refractivity contribution in [3.8, 4) is 17.2 Å². The lowest BCUT2D eigenvalue weighted by Gasteiger charge is -2.44. The van der Waals surface area contributed by atoms with Gasteiger partial charge in [-0.25, -0.2) is 0 Å². The first-order valence-corrected chi connectivity index (χ1v) is 11.9. The summed E-state index contributed by atoms with van der Waals surface area (Å²) in [4.78, 5) is 26.4. The van der Waals surface area contributed by atoms with E-state index in [0.717, 1.165) is 16.7 Å². The van der Waals surface area contributed by atoms with Crippen LogP contribution in [0.4, 0.5) is 0 Å². The quantitative estimate of drug-likeness (QED) is 0.498. The number of carbonyl (C=O) groups excluding carboxylic acids is 2. The summed E-state index contributed by atoms with van der Waals surface area (Å²) in [6, 6.07) is 20.4. The largest absolute Gasteiger partial charge is 0.492 e. The van der Waals surface area contributed by atoms with Crippen molar-refractivity contribution in [3.63, 3.8) is 0 Å². The monoisotopic (exact) mass is 488 g/mol. The maximum absolute atomic E-state index is 14.3. The molecule has 0 bridgehead atoms. The Kier molecular flexibility index (Phi) is 6.28. The number of amides is 2. The number of nitrogens with two attached hydrogens (primary N) is 1. The molecule has 186 valence electrons. The van der Waals surface area contributed by atoms with Crippen LogP contribution in [0.2, 0.25) is 0 Å². The molecule has 2 aliphatic heterocycles. The van der Waals surface area contributed by atoms with Crippen molar-refractivity contribution < 1.29 is 28.3 Å². The summed E-state index contributed by atoms with van der Waals surface area (Å²) in [6.07, 6.45) is 0.636. The fourth-order valence-electron chi connectivity index (χ4n) is 5.42. The minimum atomic E-state index is -0.749. The Morgan fingerprint density at radius 1 is 1.08 bits per heavy atom. The molecule has 2 aliphatic rings. The van der Waals surface area contributed by atoms with Crippen LogP contribution in [-0.2, 0) is 16.0 Å². The maximum atomic E-state index is 14.3. The number of benzene rings is 3. The lowest BCUT2D eigenvalue weighted by atomic mass is 9.87. The van der Waals surface area contributed by atoms with Gasteiger partial charge in [0.2, 0.25) is 12.5 Å². The van der Waals surface area contributed by atoms with Gasteiger partial charge in [0, 0.05) is 6.42 Å². The highest BCUT2D eigenvalue weighted by Crippen LogP contribution is 2.51. The molecular formula is C28H30N3O5+. The van der Waals surface area contributed by atoms with E-state index >= 15 is 0 Å². The molecule has 3 aromatic carbocycles. The molecule has 0 saturated carbocycles. The molecule has 5 rings (SSSR count). The number of primary amides is 1. The van der Waals surface area contributed by atoms with Gasteiger partial charge < -0.3 is 29.7 Å². The van der Waals surface area contributed by atoms with Crippen LogP contribution < -0.4 is 25.3 Å². The van der Waals surface area contributed by atoms with E-state index in [1.807, 2.05) is 73.8 Å². The van der Waals surface area contributed by atoms with E-state index in [1.165, 1.54) is 0 Å². The number of hydrogen-bond donors (Lipinski definition) is 2. The van der Waals surface area contributed by atoms with Crippen molar-refractivity contribution >= 4 is 11.8 Å². The van der Waals surface area contributed by atoms with Gasteiger partial charge in [-0.1, -0.05) is 60.7 Å². The Morgan fingerprint density at radius 2 is 1.72 bits per heavy atom. The topological polar surface area (TPSA) is 99.9 Å². The molecule has 0 fully saturated rings. The first kappa shape index (κ1) is 23.7. The van der Waals surface area contributed by atoms with Crippen LogP contribution in [-0.4, -0.2) is 50.3 Å². The fraction of sp³-hybridized carbons (Fsp3) is 0.286. The summed E-state index contributed by atoms with van der Waals surface area (Å²) in [7, 11) is 3.44. The molecule has 36 heavy (non-hydrogen) atoms. The average molecular weight is 489 g/mol. The van der Waals surface area contributed by atoms with Gasteiger partial charge in [0.05, 0.1) is 32.3 Å². The zero-order valence-corrected chi connectivity index (χ0v) is 20.4. The van der Waals surface area contributed by atoms with Crippen LogP contribution in [0.3, 0.4) is 0 Å². The second kappa shape index (κ2) is 9.54. The molecule has 3 aromatic rings. The van der Waals surface area contributed by atoms with Crippen molar-refractivity contribution in [2.75, 3.05) is 34.0 Å². The zero-order chi connectivity index (χ0) is 25.3. The highest BCUT2D eigenvalue weighted by Gasteiger charge is 2.49. The van der Waals surface area contributed by atoms with Crippen molar-refractivity contribution in [1.29, 1.82) is 0 Å². The minimum absolute atomic E-state index is 0.0104. The summed E-state index contributed by atoms with van der Waals surface area (Å²) in [5, 5.41) is 3.27. The van der Waals surface area contributed by atoms with E-state index in [9.17, 15) is 9.59 Å². The number of quaternary nitrogens is 1. The number of likely N-dealkylation sites (N-methyl/N-ethyl adjacent to an activating group) is 1. The molecule has 3 N–H and O–H groups in total. The molecule has 0 spiro atoms. The van der Waals surface area contributed by atoms with Gasteiger partial charge in [0.15, 0.2) is 24.1 Å². The van der Waals surface area contributed by atoms with Crippen LogP contribution in [0.15, 0.2) is 66.7 Å². The van der Waals surface area contributed by atoms with Crippen molar-refractivity contribution in [1.82, 2.24) is 5.32 Å². The Hall–Kier alpha value is -4.04. The maximum Gasteiger partial charge on any atom is 0.284 e. The third-order valence-electron chi connectivity index (χ3n) is 7.05. The first-order valence-electron chi connectivity index (χ1n) is 11.9. The predicted molar refractivity (Wildman–Crippen MR) is 134 cm³/mol. The Morgan fingerprint density at radius 3 is 2.31 bits per heavy atom. The molecule has 2 atom stereocenters. The van der Waals surface area contributed by atoms with E-state index in [4.69, 9.17) is 19.9 Å². The average Bonchev–Trinajstić information content (AvgIpc) is 3.34. The van der Waals surface area contributed by atoms with Crippen LogP contribution in [0.25, 0.3) is 0 Å². The molecular weight excluding hydrogens is 458 g/mol. The first-order chi connectivity index (χ1) is 17.4. The van der Waals surface area contributed by atoms with Gasteiger partial charge in [-0.2, -0.15) is 0 Å². The Labute approximate surface area is 210 Å². The van der Waals surface area contributed by atoms with E-state index in [0.29, 0.717) is 35.8 Å². The van der Waals surface area contributed by atoms with Crippen molar-refractivity contribution in [2.24, 2.45) is 5.73 Å². The predicted octanol–water partition coefficient (Wildman–Crippen LogP) is 2.86. The molecule has 2 amide bonds. The summed E-state index contributed by atoms with van der Waals surface area (Å²) in [5.41, 5.74) is 9.22. The summed E-state index contributed by atoms with van der Waals surface area (Å²) < 4.78 is 17.2. The molecule has 0 aromatic heterocycles. The van der Waals surface area contributed by atoms with Gasteiger partial charge in [0.25, 0.3) is 11.8 Å². The third kappa shape index (κ3) is 4.24. The second-order valence-electron chi connectivity index (χ2n) is 9.46. The zero-order valence-electron chi connectivity index (χ0n) is 20.4. The molecule has 2 heterocycles. The summed E-state index contributed by atoms with van der Waals surface area (Å²) in [6.45, 7) is 0.650. The van der Waals surface area contributed by atoms with Gasteiger partial charge in [-0.05, 0) is 22.8 Å². The second-order valence-corrected chi connectivity index (χ2v) is 9.46. The smallest absolute Gasteiger partial charge is 0.284 e. The number of carbonyl (C=O) groups is 2. The highest BCUT2D eigenvalue weighted by molar-refractivity contribution is 5.86. The third-order valence-corrected chi connectivity index (χ3v) is 7.05. The van der Waals surface area contributed by atoms with E-state index in [-0.39, 0.29) is 29.8 Å². The normalized spacial score (nSPS) is 20.0. The van der Waals surface area contributed by atoms with Gasteiger partial charge in [-0.15, -0.1) is 0 Å². The number of methoxy groups -OCH3 is 1. The number of nitrogens with one attached hydrogen (secondary N) is 1. The molecule has 8 nitrogen and oxygen atoms in total. The Balaban J connectivity index is 1.62. The number of nitrogens with zero attached hydrogens (tertiary/aromatic N) is 1. The molecule has 0 radical (unpaired) electrons. The van der Waals surface area contributed by atoms with Crippen molar-refractivity contribution in [2.45, 2.75) is 18.5 Å². The summed E-state index contributed by atoms with van der Waals surface area (Å²) in [5.74, 6) is 0.840. The lowest BCUT2D eigenvalue weighted by molar-refractivity contribution is -0.924. The number of fused-ring (bicyclic) bond motifs is 2. The lowest BCUT2D eigenvalue weighted by Crippen LogP contribution is -2.59.